The molecule has 0 aliphatic rings. The van der Waals surface area contributed by atoms with Gasteiger partial charge in [-0.25, -0.2) is 9.98 Å². The predicted octanol–water partition coefficient (Wildman–Crippen LogP) is 4.59. The first-order valence-corrected chi connectivity index (χ1v) is 10.5. The molecule has 152 valence electrons. The van der Waals surface area contributed by atoms with Crippen molar-refractivity contribution < 1.29 is 9.47 Å². The van der Waals surface area contributed by atoms with Gasteiger partial charge in [-0.3, -0.25) is 0 Å². The molecule has 0 spiro atoms. The van der Waals surface area contributed by atoms with Gasteiger partial charge in [-0.2, -0.15) is 0 Å². The van der Waals surface area contributed by atoms with Crippen LogP contribution in [0.4, 0.5) is 0 Å². The minimum absolute atomic E-state index is 0.530. The summed E-state index contributed by atoms with van der Waals surface area (Å²) in [7, 11) is 0. The molecule has 3 rings (SSSR count). The molecular weight excluding hydrogens is 384 g/mol. The van der Waals surface area contributed by atoms with E-state index in [2.05, 4.69) is 45.0 Å². The number of nitrogens with zero attached hydrogens (tertiary/aromatic N) is 2. The third kappa shape index (κ3) is 6.80. The van der Waals surface area contributed by atoms with Gasteiger partial charge in [-0.15, -0.1) is 11.3 Å². The second-order valence-corrected chi connectivity index (χ2v) is 7.17. The van der Waals surface area contributed by atoms with Crippen LogP contribution in [0.15, 0.2) is 65.1 Å². The monoisotopic (exact) mass is 410 g/mol. The summed E-state index contributed by atoms with van der Waals surface area (Å²) in [4.78, 5) is 10.2. The number of aliphatic imine (C=N–C) groups is 1. The topological polar surface area (TPSA) is 67.8 Å². The number of nitrogens with one attached hydrogen (secondary N) is 2. The number of ether oxygens (including phenoxy) is 2. The van der Waals surface area contributed by atoms with Crippen molar-refractivity contribution in [3.63, 3.8) is 0 Å². The van der Waals surface area contributed by atoms with E-state index in [-0.39, 0.29) is 0 Å². The lowest BCUT2D eigenvalue weighted by atomic mass is 10.2. The SMILES string of the molecule is CCNC(=NCc1ccnc(Oc2ccc(OCC)cc2)c1)NCc1cccs1. The Labute approximate surface area is 175 Å². The Kier molecular flexibility index (Phi) is 7.89. The number of rotatable bonds is 9. The fourth-order valence-corrected chi connectivity index (χ4v) is 3.24. The Morgan fingerprint density at radius 2 is 1.90 bits per heavy atom. The van der Waals surface area contributed by atoms with Crippen LogP contribution in [0.2, 0.25) is 0 Å². The third-order valence-corrected chi connectivity index (χ3v) is 4.81. The summed E-state index contributed by atoms with van der Waals surface area (Å²) in [6, 6.07) is 15.5. The van der Waals surface area contributed by atoms with Gasteiger partial charge in [0.05, 0.1) is 19.7 Å². The van der Waals surface area contributed by atoms with Crippen LogP contribution in [0, 0.1) is 0 Å². The molecule has 6 nitrogen and oxygen atoms in total. The summed E-state index contributed by atoms with van der Waals surface area (Å²) < 4.78 is 11.3. The third-order valence-electron chi connectivity index (χ3n) is 3.93. The van der Waals surface area contributed by atoms with Crippen LogP contribution in [0.3, 0.4) is 0 Å². The summed E-state index contributed by atoms with van der Waals surface area (Å²) in [6.45, 7) is 6.74. The van der Waals surface area contributed by atoms with Gasteiger partial charge >= 0.3 is 0 Å². The van der Waals surface area contributed by atoms with E-state index in [1.807, 2.05) is 43.3 Å². The molecule has 2 N–H and O–H groups in total. The van der Waals surface area contributed by atoms with Gasteiger partial charge in [-0.05, 0) is 61.2 Å². The molecule has 0 aliphatic carbocycles. The summed E-state index contributed by atoms with van der Waals surface area (Å²) in [6.07, 6.45) is 1.74. The van der Waals surface area contributed by atoms with E-state index in [0.717, 1.165) is 30.4 Å². The normalized spacial score (nSPS) is 11.2. The maximum Gasteiger partial charge on any atom is 0.219 e. The van der Waals surface area contributed by atoms with Crippen molar-refractivity contribution in [3.8, 4) is 17.4 Å². The molecule has 29 heavy (non-hydrogen) atoms. The lowest BCUT2D eigenvalue weighted by Crippen LogP contribution is -2.36. The van der Waals surface area contributed by atoms with Crippen LogP contribution in [0.5, 0.6) is 17.4 Å². The van der Waals surface area contributed by atoms with Crippen LogP contribution in [-0.2, 0) is 13.1 Å². The van der Waals surface area contributed by atoms with Crippen molar-refractivity contribution in [3.05, 3.63) is 70.5 Å². The summed E-state index contributed by atoms with van der Waals surface area (Å²) in [5.74, 6) is 2.86. The molecular formula is C22H26N4O2S. The van der Waals surface area contributed by atoms with E-state index in [1.54, 1.807) is 17.5 Å². The van der Waals surface area contributed by atoms with E-state index in [9.17, 15) is 0 Å². The highest BCUT2D eigenvalue weighted by Crippen LogP contribution is 2.23. The molecule has 7 heteroatoms. The Bertz CT molecular complexity index is 895. The molecule has 0 atom stereocenters. The quantitative estimate of drug-likeness (QED) is 0.399. The number of thiophene rings is 1. The Balaban J connectivity index is 1.60. The zero-order valence-corrected chi connectivity index (χ0v) is 17.5. The van der Waals surface area contributed by atoms with Crippen molar-refractivity contribution in [2.24, 2.45) is 4.99 Å². The largest absolute Gasteiger partial charge is 0.494 e. The van der Waals surface area contributed by atoms with Crippen LogP contribution in [-0.4, -0.2) is 24.1 Å². The molecule has 3 aromatic rings. The van der Waals surface area contributed by atoms with Crippen molar-refractivity contribution in [1.82, 2.24) is 15.6 Å². The molecule has 0 unspecified atom stereocenters. The molecule has 1 aromatic carbocycles. The minimum Gasteiger partial charge on any atom is -0.494 e. The first-order chi connectivity index (χ1) is 14.3. The second-order valence-electron chi connectivity index (χ2n) is 6.14. The number of hydrogen-bond acceptors (Lipinski definition) is 5. The number of guanidine groups is 1. The number of benzene rings is 1. The summed E-state index contributed by atoms with van der Waals surface area (Å²) in [5, 5.41) is 8.70. The summed E-state index contributed by atoms with van der Waals surface area (Å²) >= 11 is 1.73. The van der Waals surface area contributed by atoms with E-state index in [0.29, 0.717) is 24.8 Å². The highest BCUT2D eigenvalue weighted by Gasteiger charge is 2.03. The highest BCUT2D eigenvalue weighted by atomic mass is 32.1. The molecule has 2 aromatic heterocycles. The van der Waals surface area contributed by atoms with Crippen LogP contribution in [0.1, 0.15) is 24.3 Å². The number of pyridine rings is 1. The Hall–Kier alpha value is -3.06. The van der Waals surface area contributed by atoms with E-state index >= 15 is 0 Å². The van der Waals surface area contributed by atoms with Crippen molar-refractivity contribution in [1.29, 1.82) is 0 Å². The van der Waals surface area contributed by atoms with Gasteiger partial charge in [0.2, 0.25) is 5.88 Å². The van der Waals surface area contributed by atoms with Crippen LogP contribution >= 0.6 is 11.3 Å². The minimum atomic E-state index is 0.530. The molecule has 0 fully saturated rings. The molecule has 0 radical (unpaired) electrons. The first-order valence-electron chi connectivity index (χ1n) is 9.67. The maximum atomic E-state index is 5.86. The van der Waals surface area contributed by atoms with E-state index in [1.165, 1.54) is 4.88 Å². The van der Waals surface area contributed by atoms with Gasteiger partial charge in [0, 0.05) is 23.7 Å². The first kappa shape index (κ1) is 20.7. The smallest absolute Gasteiger partial charge is 0.219 e. The fourth-order valence-electron chi connectivity index (χ4n) is 2.59. The predicted molar refractivity (Wildman–Crippen MR) is 118 cm³/mol. The van der Waals surface area contributed by atoms with Gasteiger partial charge in [0.15, 0.2) is 5.96 Å². The lowest BCUT2D eigenvalue weighted by molar-refractivity contribution is 0.339. The van der Waals surface area contributed by atoms with Crippen LogP contribution < -0.4 is 20.1 Å². The zero-order valence-electron chi connectivity index (χ0n) is 16.7. The Morgan fingerprint density at radius 3 is 2.62 bits per heavy atom. The molecule has 0 aliphatic heterocycles. The van der Waals surface area contributed by atoms with E-state index < -0.39 is 0 Å². The van der Waals surface area contributed by atoms with E-state index in [4.69, 9.17) is 9.47 Å². The molecule has 2 heterocycles. The number of hydrogen-bond donors (Lipinski definition) is 2. The van der Waals surface area contributed by atoms with Gasteiger partial charge in [-0.1, -0.05) is 6.07 Å². The number of aromatic nitrogens is 1. The molecule has 0 bridgehead atoms. The summed E-state index contributed by atoms with van der Waals surface area (Å²) in [5.41, 5.74) is 1.02. The molecule has 0 amide bonds. The highest BCUT2D eigenvalue weighted by molar-refractivity contribution is 7.09. The lowest BCUT2D eigenvalue weighted by Gasteiger charge is -2.11. The standard InChI is InChI=1S/C22H26N4O2S/c1-3-23-22(26-16-20-6-5-13-29-20)25-15-17-11-12-24-21(14-17)28-19-9-7-18(8-10-19)27-4-2/h5-14H,3-4,15-16H2,1-2H3,(H2,23,25,26). The molecule has 0 saturated heterocycles. The zero-order chi connectivity index (χ0) is 20.3. The maximum absolute atomic E-state index is 5.86. The average molecular weight is 411 g/mol. The van der Waals surface area contributed by atoms with Gasteiger partial charge < -0.3 is 20.1 Å². The van der Waals surface area contributed by atoms with Crippen molar-refractivity contribution in [2.45, 2.75) is 26.9 Å². The van der Waals surface area contributed by atoms with Gasteiger partial charge in [0.1, 0.15) is 11.5 Å². The second kappa shape index (κ2) is 11.1. The van der Waals surface area contributed by atoms with Crippen LogP contribution in [0.25, 0.3) is 0 Å². The average Bonchev–Trinajstić information content (AvgIpc) is 3.26. The van der Waals surface area contributed by atoms with Crippen molar-refractivity contribution >= 4 is 17.3 Å². The van der Waals surface area contributed by atoms with Gasteiger partial charge in [0.25, 0.3) is 0 Å². The fraction of sp³-hybridized carbons (Fsp3) is 0.273. The molecule has 0 saturated carbocycles. The van der Waals surface area contributed by atoms with Crippen molar-refractivity contribution in [2.75, 3.05) is 13.2 Å². The Morgan fingerprint density at radius 1 is 1.07 bits per heavy atom.